The highest BCUT2D eigenvalue weighted by Gasteiger charge is 2.12. The largest absolute Gasteiger partial charge is 0.330 e. The number of aromatic amines is 1. The number of hydrogen-bond acceptors (Lipinski definition) is 3. The van der Waals surface area contributed by atoms with Crippen molar-refractivity contribution < 1.29 is 12.8 Å². The van der Waals surface area contributed by atoms with Crippen LogP contribution in [0.2, 0.25) is 5.02 Å². The summed E-state index contributed by atoms with van der Waals surface area (Å²) in [5.41, 5.74) is 1.10. The van der Waals surface area contributed by atoms with Crippen molar-refractivity contribution >= 4 is 44.7 Å². The van der Waals surface area contributed by atoms with Crippen LogP contribution in [0.1, 0.15) is 6.92 Å². The minimum atomic E-state index is -3.09. The SMILES string of the molecule is CCS(=O)(=O)CCn1c(=S)[nH]c2cc(F)c(Cl)cc21. The molecule has 1 heterocycles. The standard InChI is InChI=1S/C11H12ClFN2O2S2/c1-2-19(16,17)4-3-15-10-5-7(12)8(13)6-9(10)14-11(15)18/h5-6H,2-4H2,1H3,(H,14,18). The zero-order chi connectivity index (χ0) is 14.2. The fourth-order valence-electron chi connectivity index (χ4n) is 1.75. The molecular formula is C11H12ClFN2O2S2. The second-order valence-electron chi connectivity index (χ2n) is 4.10. The number of halogens is 2. The number of nitrogens with zero attached hydrogens (tertiary/aromatic N) is 1. The van der Waals surface area contributed by atoms with Crippen LogP contribution in [0.15, 0.2) is 12.1 Å². The number of hydrogen-bond donors (Lipinski definition) is 1. The van der Waals surface area contributed by atoms with Gasteiger partial charge in [0.1, 0.15) is 5.82 Å². The van der Waals surface area contributed by atoms with Crippen LogP contribution >= 0.6 is 23.8 Å². The van der Waals surface area contributed by atoms with E-state index in [1.54, 1.807) is 11.5 Å². The Hall–Kier alpha value is -0.920. The van der Waals surface area contributed by atoms with E-state index in [0.717, 1.165) is 0 Å². The molecule has 2 rings (SSSR count). The number of imidazole rings is 1. The van der Waals surface area contributed by atoms with Crippen molar-refractivity contribution in [2.24, 2.45) is 0 Å². The maximum absolute atomic E-state index is 13.3. The average molecular weight is 323 g/mol. The average Bonchev–Trinajstić information content (AvgIpc) is 2.63. The predicted octanol–water partition coefficient (Wildman–Crippen LogP) is 2.93. The van der Waals surface area contributed by atoms with Crippen molar-refractivity contribution in [3.8, 4) is 0 Å². The van der Waals surface area contributed by atoms with Gasteiger partial charge in [0.05, 0.1) is 21.8 Å². The zero-order valence-electron chi connectivity index (χ0n) is 10.1. The molecule has 4 nitrogen and oxygen atoms in total. The highest BCUT2D eigenvalue weighted by molar-refractivity contribution is 7.91. The third-order valence-corrected chi connectivity index (χ3v) is 5.18. The number of aromatic nitrogens is 2. The van der Waals surface area contributed by atoms with Gasteiger partial charge in [-0.25, -0.2) is 12.8 Å². The monoisotopic (exact) mass is 322 g/mol. The van der Waals surface area contributed by atoms with Crippen molar-refractivity contribution in [1.29, 1.82) is 0 Å². The van der Waals surface area contributed by atoms with Crippen molar-refractivity contribution in [1.82, 2.24) is 9.55 Å². The number of sulfone groups is 1. The quantitative estimate of drug-likeness (QED) is 0.881. The minimum Gasteiger partial charge on any atom is -0.330 e. The summed E-state index contributed by atoms with van der Waals surface area (Å²) in [6.07, 6.45) is 0. The lowest BCUT2D eigenvalue weighted by Crippen LogP contribution is -2.14. The maximum atomic E-state index is 13.3. The molecule has 0 aliphatic heterocycles. The van der Waals surface area contributed by atoms with Gasteiger partial charge in [-0.2, -0.15) is 0 Å². The van der Waals surface area contributed by atoms with Crippen molar-refractivity contribution in [3.63, 3.8) is 0 Å². The number of rotatable bonds is 4. The molecule has 0 aliphatic rings. The van der Waals surface area contributed by atoms with Crippen LogP contribution in [0.25, 0.3) is 11.0 Å². The Labute approximate surface area is 120 Å². The van der Waals surface area contributed by atoms with E-state index in [9.17, 15) is 12.8 Å². The summed E-state index contributed by atoms with van der Waals surface area (Å²) < 4.78 is 38.3. The third kappa shape index (κ3) is 2.98. The van der Waals surface area contributed by atoms with Gasteiger partial charge in [-0.05, 0) is 18.3 Å². The Balaban J connectivity index is 2.46. The van der Waals surface area contributed by atoms with Crippen molar-refractivity contribution in [2.75, 3.05) is 11.5 Å². The molecule has 104 valence electrons. The molecule has 0 atom stereocenters. The molecular weight excluding hydrogens is 311 g/mol. The smallest absolute Gasteiger partial charge is 0.178 e. The Kier molecular flexibility index (Phi) is 3.98. The van der Waals surface area contributed by atoms with Gasteiger partial charge in [-0.15, -0.1) is 0 Å². The molecule has 0 fully saturated rings. The summed E-state index contributed by atoms with van der Waals surface area (Å²) in [5, 5.41) is -0.0198. The summed E-state index contributed by atoms with van der Waals surface area (Å²) in [4.78, 5) is 2.83. The van der Waals surface area contributed by atoms with Gasteiger partial charge in [0, 0.05) is 18.4 Å². The summed E-state index contributed by atoms with van der Waals surface area (Å²) in [5.74, 6) is -0.476. The highest BCUT2D eigenvalue weighted by Crippen LogP contribution is 2.22. The molecule has 1 aromatic carbocycles. The number of H-pyrrole nitrogens is 1. The Morgan fingerprint density at radius 3 is 2.79 bits per heavy atom. The van der Waals surface area contributed by atoms with E-state index in [0.29, 0.717) is 15.8 Å². The van der Waals surface area contributed by atoms with Gasteiger partial charge in [0.2, 0.25) is 0 Å². The van der Waals surface area contributed by atoms with E-state index in [-0.39, 0.29) is 23.1 Å². The lowest BCUT2D eigenvalue weighted by molar-refractivity contribution is 0.590. The van der Waals surface area contributed by atoms with Gasteiger partial charge in [0.25, 0.3) is 0 Å². The van der Waals surface area contributed by atoms with Crippen LogP contribution in [0.5, 0.6) is 0 Å². The Bertz CT molecular complexity index is 780. The van der Waals surface area contributed by atoms with E-state index in [1.165, 1.54) is 12.1 Å². The molecule has 0 spiro atoms. The van der Waals surface area contributed by atoms with Crippen LogP contribution < -0.4 is 0 Å². The van der Waals surface area contributed by atoms with Crippen LogP contribution in [0.4, 0.5) is 4.39 Å². The first-order valence-corrected chi connectivity index (χ1v) is 8.23. The van der Waals surface area contributed by atoms with E-state index in [4.69, 9.17) is 23.8 Å². The second kappa shape index (κ2) is 5.22. The summed E-state index contributed by atoms with van der Waals surface area (Å²) >= 11 is 10.8. The minimum absolute atomic E-state index is 0.0141. The number of benzene rings is 1. The molecule has 19 heavy (non-hydrogen) atoms. The molecule has 0 aliphatic carbocycles. The molecule has 8 heteroatoms. The van der Waals surface area contributed by atoms with Crippen molar-refractivity contribution in [3.05, 3.63) is 27.7 Å². The van der Waals surface area contributed by atoms with Gasteiger partial charge < -0.3 is 9.55 Å². The van der Waals surface area contributed by atoms with Crippen LogP contribution in [0.3, 0.4) is 0 Å². The maximum Gasteiger partial charge on any atom is 0.178 e. The Morgan fingerprint density at radius 1 is 1.47 bits per heavy atom. The second-order valence-corrected chi connectivity index (χ2v) is 7.37. The van der Waals surface area contributed by atoms with Gasteiger partial charge >= 0.3 is 0 Å². The highest BCUT2D eigenvalue weighted by atomic mass is 35.5. The predicted molar refractivity (Wildman–Crippen MR) is 76.4 cm³/mol. The van der Waals surface area contributed by atoms with Gasteiger partial charge in [0.15, 0.2) is 14.6 Å². The van der Waals surface area contributed by atoms with E-state index in [2.05, 4.69) is 4.98 Å². The summed E-state index contributed by atoms with van der Waals surface area (Å²) in [7, 11) is -3.09. The zero-order valence-corrected chi connectivity index (χ0v) is 12.5. The van der Waals surface area contributed by atoms with Gasteiger partial charge in [-0.1, -0.05) is 18.5 Å². The van der Waals surface area contributed by atoms with E-state index < -0.39 is 15.7 Å². The Morgan fingerprint density at radius 2 is 2.16 bits per heavy atom. The van der Waals surface area contributed by atoms with Crippen LogP contribution in [0, 0.1) is 10.6 Å². The molecule has 1 aromatic heterocycles. The molecule has 0 bridgehead atoms. The third-order valence-electron chi connectivity index (χ3n) is 2.88. The van der Waals surface area contributed by atoms with Crippen molar-refractivity contribution in [2.45, 2.75) is 13.5 Å². The molecule has 0 saturated heterocycles. The normalized spacial score (nSPS) is 12.2. The first kappa shape index (κ1) is 14.5. The van der Waals surface area contributed by atoms with E-state index in [1.807, 2.05) is 0 Å². The molecule has 2 aromatic rings. The summed E-state index contributed by atoms with van der Waals surface area (Å²) in [6.45, 7) is 1.81. The first-order valence-electron chi connectivity index (χ1n) is 5.62. The molecule has 0 amide bonds. The lowest BCUT2D eigenvalue weighted by atomic mass is 10.3. The fourth-order valence-corrected chi connectivity index (χ4v) is 2.96. The summed E-state index contributed by atoms with van der Waals surface area (Å²) in [6, 6.07) is 2.69. The van der Waals surface area contributed by atoms with E-state index >= 15 is 0 Å². The van der Waals surface area contributed by atoms with Crippen LogP contribution in [-0.2, 0) is 16.4 Å². The number of aryl methyl sites for hydroxylation is 1. The number of nitrogens with one attached hydrogen (secondary N) is 1. The molecule has 0 saturated carbocycles. The first-order chi connectivity index (χ1) is 8.84. The number of fused-ring (bicyclic) bond motifs is 1. The molecule has 0 unspecified atom stereocenters. The lowest BCUT2D eigenvalue weighted by Gasteiger charge is -2.05. The topological polar surface area (TPSA) is 54.9 Å². The van der Waals surface area contributed by atoms with Gasteiger partial charge in [-0.3, -0.25) is 0 Å². The van der Waals surface area contributed by atoms with Crippen LogP contribution in [-0.4, -0.2) is 29.5 Å². The molecule has 1 N–H and O–H groups in total. The molecule has 0 radical (unpaired) electrons. The fraction of sp³-hybridized carbons (Fsp3) is 0.364.